The molecule has 0 aliphatic heterocycles. The van der Waals surface area contributed by atoms with Gasteiger partial charge < -0.3 is 10.4 Å². The van der Waals surface area contributed by atoms with Gasteiger partial charge in [-0.15, -0.1) is 0 Å². The lowest BCUT2D eigenvalue weighted by Crippen LogP contribution is -2.34. The number of aliphatic carboxylic acids is 1. The van der Waals surface area contributed by atoms with Gasteiger partial charge in [0.25, 0.3) is 5.69 Å². The standard InChI is InChI=1S/C13H17N3O5S/c1-2-14-12(17)8-7-9(13(18)19)15-22-11-6-4-3-5-10(11)16(20)21/h3-6,9,15H,2,7-8H2,1H3,(H,14,17)(H,18,19). The van der Waals surface area contributed by atoms with Crippen LogP contribution >= 0.6 is 11.9 Å². The third kappa shape index (κ3) is 5.70. The predicted octanol–water partition coefficient (Wildman–Crippen LogP) is 1.56. The smallest absolute Gasteiger partial charge is 0.321 e. The second-order valence-corrected chi connectivity index (χ2v) is 5.21. The molecule has 1 atom stereocenters. The monoisotopic (exact) mass is 327 g/mol. The maximum absolute atomic E-state index is 11.4. The third-order valence-corrected chi connectivity index (χ3v) is 3.67. The molecular formula is C13H17N3O5S. The highest BCUT2D eigenvalue weighted by atomic mass is 32.2. The summed E-state index contributed by atoms with van der Waals surface area (Å²) in [6.07, 6.45) is 0.157. The third-order valence-electron chi connectivity index (χ3n) is 2.71. The summed E-state index contributed by atoms with van der Waals surface area (Å²) >= 11 is 0.873. The molecule has 3 N–H and O–H groups in total. The Balaban J connectivity index is 2.63. The average molecular weight is 327 g/mol. The van der Waals surface area contributed by atoms with E-state index in [1.54, 1.807) is 13.0 Å². The summed E-state index contributed by atoms with van der Waals surface area (Å²) in [7, 11) is 0. The lowest BCUT2D eigenvalue weighted by molar-refractivity contribution is -0.387. The first-order chi connectivity index (χ1) is 10.5. The van der Waals surface area contributed by atoms with E-state index in [0.717, 1.165) is 11.9 Å². The summed E-state index contributed by atoms with van der Waals surface area (Å²) in [4.78, 5) is 33.2. The van der Waals surface area contributed by atoms with Crippen LogP contribution in [0, 0.1) is 10.1 Å². The molecule has 0 fully saturated rings. The molecule has 1 rings (SSSR count). The molecule has 1 amide bonds. The van der Waals surface area contributed by atoms with Crippen LogP contribution in [0.4, 0.5) is 5.69 Å². The molecule has 22 heavy (non-hydrogen) atoms. The number of nitro benzene ring substituents is 1. The Morgan fingerprint density at radius 1 is 1.41 bits per heavy atom. The molecule has 1 unspecified atom stereocenters. The van der Waals surface area contributed by atoms with Crippen LogP contribution in [-0.2, 0) is 9.59 Å². The van der Waals surface area contributed by atoms with E-state index < -0.39 is 16.9 Å². The van der Waals surface area contributed by atoms with Crippen LogP contribution in [0.25, 0.3) is 0 Å². The van der Waals surface area contributed by atoms with Gasteiger partial charge >= 0.3 is 5.97 Å². The fourth-order valence-corrected chi connectivity index (χ4v) is 2.50. The maximum atomic E-state index is 11.4. The van der Waals surface area contributed by atoms with Crippen molar-refractivity contribution in [1.82, 2.24) is 10.0 Å². The van der Waals surface area contributed by atoms with Crippen molar-refractivity contribution < 1.29 is 19.6 Å². The molecule has 0 spiro atoms. The molecule has 1 aromatic carbocycles. The van der Waals surface area contributed by atoms with Crippen LogP contribution in [0.1, 0.15) is 19.8 Å². The van der Waals surface area contributed by atoms with Crippen molar-refractivity contribution in [1.29, 1.82) is 0 Å². The van der Waals surface area contributed by atoms with Crippen molar-refractivity contribution in [3.63, 3.8) is 0 Å². The second kappa shape index (κ2) is 9.00. The highest BCUT2D eigenvalue weighted by molar-refractivity contribution is 7.97. The number of nitro groups is 1. The zero-order valence-corrected chi connectivity index (χ0v) is 12.8. The minimum Gasteiger partial charge on any atom is -0.480 e. The van der Waals surface area contributed by atoms with Gasteiger partial charge in [-0.05, 0) is 31.4 Å². The molecule has 0 saturated heterocycles. The Morgan fingerprint density at radius 2 is 2.09 bits per heavy atom. The van der Waals surface area contributed by atoms with Crippen LogP contribution < -0.4 is 10.0 Å². The summed E-state index contributed by atoms with van der Waals surface area (Å²) < 4.78 is 2.66. The van der Waals surface area contributed by atoms with E-state index in [4.69, 9.17) is 5.11 Å². The molecule has 120 valence electrons. The van der Waals surface area contributed by atoms with Gasteiger partial charge in [0.05, 0.1) is 4.92 Å². The number of hydrogen-bond acceptors (Lipinski definition) is 6. The van der Waals surface area contributed by atoms with Gasteiger partial charge in [-0.2, -0.15) is 0 Å². The minimum atomic E-state index is -1.12. The van der Waals surface area contributed by atoms with Gasteiger partial charge in [0.2, 0.25) is 5.91 Å². The number of carbonyl (C=O) groups excluding carboxylic acids is 1. The summed E-state index contributed by atoms with van der Waals surface area (Å²) in [5, 5.41) is 22.6. The molecule has 0 radical (unpaired) electrons. The quantitative estimate of drug-likeness (QED) is 0.357. The number of hydrogen-bond donors (Lipinski definition) is 3. The van der Waals surface area contributed by atoms with Gasteiger partial charge in [0.15, 0.2) is 0 Å². The summed E-state index contributed by atoms with van der Waals surface area (Å²) in [5.74, 6) is -1.35. The van der Waals surface area contributed by atoms with Gasteiger partial charge in [-0.25, -0.2) is 4.72 Å². The molecular weight excluding hydrogens is 310 g/mol. The summed E-state index contributed by atoms with van der Waals surface area (Å²) in [6, 6.07) is 5.05. The van der Waals surface area contributed by atoms with Crippen molar-refractivity contribution in [2.75, 3.05) is 6.54 Å². The van der Waals surface area contributed by atoms with Crippen molar-refractivity contribution in [3.05, 3.63) is 34.4 Å². The van der Waals surface area contributed by atoms with E-state index in [9.17, 15) is 19.7 Å². The van der Waals surface area contributed by atoms with Gasteiger partial charge in [-0.3, -0.25) is 19.7 Å². The number of nitrogens with one attached hydrogen (secondary N) is 2. The highest BCUT2D eigenvalue weighted by Gasteiger charge is 2.21. The van der Waals surface area contributed by atoms with E-state index in [1.165, 1.54) is 18.2 Å². The molecule has 0 heterocycles. The summed E-state index contributed by atoms with van der Waals surface area (Å²) in [6.45, 7) is 2.25. The highest BCUT2D eigenvalue weighted by Crippen LogP contribution is 2.27. The normalized spacial score (nSPS) is 11.7. The number of rotatable bonds is 9. The van der Waals surface area contributed by atoms with Crippen molar-refractivity contribution >= 4 is 29.5 Å². The summed E-state index contributed by atoms with van der Waals surface area (Å²) in [5.41, 5.74) is -0.104. The fourth-order valence-electron chi connectivity index (χ4n) is 1.62. The Hall–Kier alpha value is -2.13. The van der Waals surface area contributed by atoms with Crippen LogP contribution in [0.15, 0.2) is 29.2 Å². The Kier molecular flexibility index (Phi) is 7.33. The molecule has 9 heteroatoms. The number of amides is 1. The minimum absolute atomic E-state index is 0.0647. The number of para-hydroxylation sites is 1. The van der Waals surface area contributed by atoms with Crippen LogP contribution in [0.5, 0.6) is 0 Å². The molecule has 0 bridgehead atoms. The van der Waals surface area contributed by atoms with E-state index >= 15 is 0 Å². The first-order valence-corrected chi connectivity index (χ1v) is 7.42. The van der Waals surface area contributed by atoms with E-state index in [2.05, 4.69) is 10.0 Å². The Bertz CT molecular complexity index is 552. The largest absolute Gasteiger partial charge is 0.480 e. The van der Waals surface area contributed by atoms with Gasteiger partial charge in [0, 0.05) is 19.0 Å². The Labute approximate surface area is 131 Å². The lowest BCUT2D eigenvalue weighted by Gasteiger charge is -2.13. The van der Waals surface area contributed by atoms with Crippen molar-refractivity contribution in [2.45, 2.75) is 30.7 Å². The zero-order valence-electron chi connectivity index (χ0n) is 11.9. The van der Waals surface area contributed by atoms with Crippen LogP contribution in [0.3, 0.4) is 0 Å². The number of carbonyl (C=O) groups is 2. The molecule has 8 nitrogen and oxygen atoms in total. The topological polar surface area (TPSA) is 122 Å². The van der Waals surface area contributed by atoms with E-state index in [1.807, 2.05) is 0 Å². The number of benzene rings is 1. The van der Waals surface area contributed by atoms with Gasteiger partial charge in [0.1, 0.15) is 10.9 Å². The van der Waals surface area contributed by atoms with Gasteiger partial charge in [-0.1, -0.05) is 12.1 Å². The molecule has 0 aliphatic carbocycles. The lowest BCUT2D eigenvalue weighted by atomic mass is 10.1. The SMILES string of the molecule is CCNC(=O)CCC(NSc1ccccc1[N+](=O)[O-])C(=O)O. The first-order valence-electron chi connectivity index (χ1n) is 6.61. The Morgan fingerprint density at radius 3 is 2.68 bits per heavy atom. The van der Waals surface area contributed by atoms with Crippen molar-refractivity contribution in [2.24, 2.45) is 0 Å². The van der Waals surface area contributed by atoms with Crippen molar-refractivity contribution in [3.8, 4) is 0 Å². The van der Waals surface area contributed by atoms with E-state index in [-0.39, 0.29) is 24.4 Å². The number of carboxylic acid groups (broad SMARTS) is 1. The maximum Gasteiger partial charge on any atom is 0.321 e. The predicted molar refractivity (Wildman–Crippen MR) is 81.4 cm³/mol. The average Bonchev–Trinajstić information content (AvgIpc) is 2.47. The molecule has 0 saturated carbocycles. The number of nitrogens with zero attached hydrogens (tertiary/aromatic N) is 1. The second-order valence-electron chi connectivity index (χ2n) is 4.33. The fraction of sp³-hybridized carbons (Fsp3) is 0.385. The molecule has 0 aromatic heterocycles. The zero-order chi connectivity index (χ0) is 16.5. The molecule has 0 aliphatic rings. The van der Waals surface area contributed by atoms with Crippen LogP contribution in [0.2, 0.25) is 0 Å². The van der Waals surface area contributed by atoms with Crippen LogP contribution in [-0.4, -0.2) is 34.5 Å². The number of carboxylic acids is 1. The first kappa shape index (κ1) is 17.9. The van der Waals surface area contributed by atoms with E-state index in [0.29, 0.717) is 11.4 Å². The molecule has 1 aromatic rings.